The average Bonchev–Trinajstić information content (AvgIpc) is 2.81. The van der Waals surface area contributed by atoms with E-state index in [0.717, 1.165) is 29.8 Å². The molecule has 1 aromatic rings. The predicted molar refractivity (Wildman–Crippen MR) is 73.8 cm³/mol. The Morgan fingerprint density at radius 3 is 2.89 bits per heavy atom. The highest BCUT2D eigenvalue weighted by molar-refractivity contribution is 6.23. The molecule has 96 valence electrons. The lowest BCUT2D eigenvalue weighted by atomic mass is 10.1. The second-order valence-corrected chi connectivity index (χ2v) is 5.40. The van der Waals surface area contributed by atoms with Crippen molar-refractivity contribution in [1.82, 2.24) is 4.98 Å². The second kappa shape index (κ2) is 4.43. The fourth-order valence-electron chi connectivity index (χ4n) is 2.90. The fourth-order valence-corrected chi connectivity index (χ4v) is 3.21. The summed E-state index contributed by atoms with van der Waals surface area (Å²) >= 11 is 6.30. The van der Waals surface area contributed by atoms with Gasteiger partial charge in [-0.2, -0.15) is 0 Å². The SMILES string of the molecule is Cc1cc(=O)[nH]c2c1C=NC(Cl)N2C1CCCC1. The molecule has 1 N–H and O–H groups in total. The molecule has 2 heterocycles. The second-order valence-electron chi connectivity index (χ2n) is 5.01. The highest BCUT2D eigenvalue weighted by atomic mass is 35.5. The molecule has 0 amide bonds. The van der Waals surface area contributed by atoms with E-state index in [0.29, 0.717) is 6.04 Å². The van der Waals surface area contributed by atoms with Crippen LogP contribution in [0.15, 0.2) is 15.9 Å². The molecular weight excluding hydrogens is 250 g/mol. The van der Waals surface area contributed by atoms with Gasteiger partial charge in [0.05, 0.1) is 0 Å². The lowest BCUT2D eigenvalue weighted by Gasteiger charge is -2.36. The number of alkyl halides is 1. The van der Waals surface area contributed by atoms with Crippen molar-refractivity contribution in [3.05, 3.63) is 27.5 Å². The van der Waals surface area contributed by atoms with Crippen LogP contribution in [0.4, 0.5) is 5.82 Å². The summed E-state index contributed by atoms with van der Waals surface area (Å²) in [7, 11) is 0. The van der Waals surface area contributed by atoms with Crippen LogP contribution in [0, 0.1) is 6.92 Å². The van der Waals surface area contributed by atoms with Crippen molar-refractivity contribution in [2.24, 2.45) is 4.99 Å². The Kier molecular flexibility index (Phi) is 2.90. The van der Waals surface area contributed by atoms with Crippen LogP contribution in [0.25, 0.3) is 0 Å². The molecule has 0 aromatic carbocycles. The first-order valence-electron chi connectivity index (χ1n) is 6.36. The van der Waals surface area contributed by atoms with E-state index in [1.807, 2.05) is 6.92 Å². The number of nitrogens with zero attached hydrogens (tertiary/aromatic N) is 2. The predicted octanol–water partition coefficient (Wildman–Crippen LogP) is 2.39. The van der Waals surface area contributed by atoms with E-state index in [9.17, 15) is 4.79 Å². The largest absolute Gasteiger partial charge is 0.320 e. The number of aromatic amines is 1. The van der Waals surface area contributed by atoms with Crippen molar-refractivity contribution < 1.29 is 0 Å². The Morgan fingerprint density at radius 1 is 1.44 bits per heavy atom. The van der Waals surface area contributed by atoms with Crippen LogP contribution in [0.3, 0.4) is 0 Å². The van der Waals surface area contributed by atoms with Gasteiger partial charge in [-0.15, -0.1) is 0 Å². The van der Waals surface area contributed by atoms with Gasteiger partial charge >= 0.3 is 0 Å². The summed E-state index contributed by atoms with van der Waals surface area (Å²) in [5, 5.41) is 0. The molecule has 2 aliphatic rings. The third-order valence-electron chi connectivity index (χ3n) is 3.80. The van der Waals surface area contributed by atoms with Gasteiger partial charge in [0.2, 0.25) is 5.56 Å². The number of rotatable bonds is 1. The molecule has 0 saturated heterocycles. The number of anilines is 1. The van der Waals surface area contributed by atoms with Crippen molar-refractivity contribution in [3.8, 4) is 0 Å². The van der Waals surface area contributed by atoms with E-state index >= 15 is 0 Å². The van der Waals surface area contributed by atoms with E-state index in [2.05, 4.69) is 14.9 Å². The van der Waals surface area contributed by atoms with Crippen molar-refractivity contribution in [2.45, 2.75) is 44.3 Å². The number of fused-ring (bicyclic) bond motifs is 1. The van der Waals surface area contributed by atoms with Gasteiger partial charge in [0.15, 0.2) is 5.62 Å². The van der Waals surface area contributed by atoms with Crippen LogP contribution in [0.1, 0.15) is 36.8 Å². The van der Waals surface area contributed by atoms with Gasteiger partial charge in [0.1, 0.15) is 5.82 Å². The van der Waals surface area contributed by atoms with Crippen LogP contribution in [-0.4, -0.2) is 22.9 Å². The maximum absolute atomic E-state index is 11.7. The molecular formula is C13H16ClN3O. The standard InChI is InChI=1S/C13H16ClN3O/c1-8-6-11(18)16-12-10(8)7-15-13(14)17(12)9-4-2-3-5-9/h6-7,9,13H,2-5H2,1H3,(H,16,18). The van der Waals surface area contributed by atoms with Gasteiger partial charge < -0.3 is 9.88 Å². The third kappa shape index (κ3) is 1.85. The first-order valence-corrected chi connectivity index (χ1v) is 6.80. The van der Waals surface area contributed by atoms with Crippen LogP contribution in [0.5, 0.6) is 0 Å². The quantitative estimate of drug-likeness (QED) is 0.626. The Balaban J connectivity index is 2.11. The highest BCUT2D eigenvalue weighted by Crippen LogP contribution is 2.34. The minimum atomic E-state index is -0.405. The first kappa shape index (κ1) is 11.8. The maximum Gasteiger partial charge on any atom is 0.249 e. The molecule has 1 saturated carbocycles. The van der Waals surface area contributed by atoms with Gasteiger partial charge in [0, 0.05) is 23.9 Å². The van der Waals surface area contributed by atoms with E-state index in [1.165, 1.54) is 12.8 Å². The summed E-state index contributed by atoms with van der Waals surface area (Å²) in [5.74, 6) is 0.835. The number of hydrogen-bond donors (Lipinski definition) is 1. The number of aliphatic imine (C=N–C) groups is 1. The van der Waals surface area contributed by atoms with E-state index in [1.54, 1.807) is 12.3 Å². The normalized spacial score (nSPS) is 23.4. The molecule has 1 fully saturated rings. The third-order valence-corrected chi connectivity index (χ3v) is 4.12. The lowest BCUT2D eigenvalue weighted by molar-refractivity contribution is 0.580. The molecule has 1 aliphatic carbocycles. The minimum Gasteiger partial charge on any atom is -0.320 e. The van der Waals surface area contributed by atoms with Gasteiger partial charge in [0.25, 0.3) is 0 Å². The zero-order chi connectivity index (χ0) is 12.7. The number of aryl methyl sites for hydroxylation is 1. The van der Waals surface area contributed by atoms with Crippen molar-refractivity contribution in [3.63, 3.8) is 0 Å². The first-order chi connectivity index (χ1) is 8.66. The molecule has 0 spiro atoms. The Bertz CT molecular complexity index is 546. The monoisotopic (exact) mass is 265 g/mol. The lowest BCUT2D eigenvalue weighted by Crippen LogP contribution is -2.42. The maximum atomic E-state index is 11.7. The van der Waals surface area contributed by atoms with Gasteiger partial charge in [-0.05, 0) is 25.3 Å². The molecule has 1 aromatic heterocycles. The number of pyridine rings is 1. The summed E-state index contributed by atoms with van der Waals surface area (Å²) < 4.78 is 0. The number of hydrogen-bond acceptors (Lipinski definition) is 3. The zero-order valence-corrected chi connectivity index (χ0v) is 11.1. The summed E-state index contributed by atoms with van der Waals surface area (Å²) in [4.78, 5) is 21.0. The number of aromatic nitrogens is 1. The topological polar surface area (TPSA) is 48.5 Å². The van der Waals surface area contributed by atoms with Crippen molar-refractivity contribution >= 4 is 23.6 Å². The van der Waals surface area contributed by atoms with Crippen LogP contribution >= 0.6 is 11.6 Å². The molecule has 0 bridgehead atoms. The van der Waals surface area contributed by atoms with Crippen LogP contribution < -0.4 is 10.5 Å². The minimum absolute atomic E-state index is 0.0755. The summed E-state index contributed by atoms with van der Waals surface area (Å²) in [6, 6.07) is 1.99. The Labute approximate surface area is 111 Å². The molecule has 0 radical (unpaired) electrons. The molecule has 4 nitrogen and oxygen atoms in total. The molecule has 3 rings (SSSR count). The van der Waals surface area contributed by atoms with Gasteiger partial charge in [-0.3, -0.25) is 9.79 Å². The number of halogens is 1. The Hall–Kier alpha value is -1.29. The van der Waals surface area contributed by atoms with Crippen molar-refractivity contribution in [2.75, 3.05) is 4.90 Å². The van der Waals surface area contributed by atoms with E-state index in [-0.39, 0.29) is 5.56 Å². The number of H-pyrrole nitrogens is 1. The van der Waals surface area contributed by atoms with Gasteiger partial charge in [-0.1, -0.05) is 24.4 Å². The fraction of sp³-hybridized carbons (Fsp3) is 0.538. The zero-order valence-electron chi connectivity index (χ0n) is 10.3. The molecule has 18 heavy (non-hydrogen) atoms. The summed E-state index contributed by atoms with van der Waals surface area (Å²) in [6.45, 7) is 1.93. The van der Waals surface area contributed by atoms with E-state index in [4.69, 9.17) is 11.6 Å². The van der Waals surface area contributed by atoms with E-state index < -0.39 is 5.62 Å². The Morgan fingerprint density at radius 2 is 2.17 bits per heavy atom. The average molecular weight is 266 g/mol. The summed E-state index contributed by atoms with van der Waals surface area (Å²) in [6.07, 6.45) is 6.45. The number of nitrogens with one attached hydrogen (secondary N) is 1. The van der Waals surface area contributed by atoms with Crippen LogP contribution in [-0.2, 0) is 0 Å². The summed E-state index contributed by atoms with van der Waals surface area (Å²) in [5.41, 5.74) is 1.45. The van der Waals surface area contributed by atoms with Crippen LogP contribution in [0.2, 0.25) is 0 Å². The highest BCUT2D eigenvalue weighted by Gasteiger charge is 2.32. The molecule has 1 unspecified atom stereocenters. The molecule has 1 atom stereocenters. The molecule has 1 aliphatic heterocycles. The van der Waals surface area contributed by atoms with Gasteiger partial charge in [-0.25, -0.2) is 0 Å². The smallest absolute Gasteiger partial charge is 0.249 e. The molecule has 5 heteroatoms. The van der Waals surface area contributed by atoms with Crippen molar-refractivity contribution in [1.29, 1.82) is 0 Å².